The van der Waals surface area contributed by atoms with Crippen LogP contribution >= 0.6 is 11.8 Å². The fraction of sp³-hybridized carbons (Fsp3) is 0.0556. The standard InChI is InChI=1S/C18H13N3OS/c1-12-16(23-17(22)13-8-4-2-5-9-13)21-15-11-7-3-6-10-14(15)20-18(21)19-12/h2-11H,1H3. The predicted molar refractivity (Wildman–Crippen MR) is 91.9 cm³/mol. The van der Waals surface area contributed by atoms with Crippen LogP contribution in [0.15, 0.2) is 65.7 Å². The molecule has 0 fully saturated rings. The van der Waals surface area contributed by atoms with Crippen LogP contribution < -0.4 is 0 Å². The number of aromatic nitrogens is 3. The van der Waals surface area contributed by atoms with Gasteiger partial charge in [0.25, 0.3) is 0 Å². The van der Waals surface area contributed by atoms with Gasteiger partial charge in [-0.25, -0.2) is 9.97 Å². The average Bonchev–Trinajstić information content (AvgIpc) is 2.93. The maximum absolute atomic E-state index is 12.5. The largest absolute Gasteiger partial charge is 0.281 e. The van der Waals surface area contributed by atoms with Crippen molar-refractivity contribution in [2.75, 3.05) is 0 Å². The Bertz CT molecular complexity index is 1020. The van der Waals surface area contributed by atoms with E-state index >= 15 is 0 Å². The van der Waals surface area contributed by atoms with E-state index in [1.165, 1.54) is 11.8 Å². The van der Waals surface area contributed by atoms with Crippen LogP contribution in [0.4, 0.5) is 0 Å². The van der Waals surface area contributed by atoms with Crippen molar-refractivity contribution in [3.8, 4) is 0 Å². The molecule has 0 N–H and O–H groups in total. The van der Waals surface area contributed by atoms with Crippen molar-refractivity contribution in [2.24, 2.45) is 0 Å². The van der Waals surface area contributed by atoms with Gasteiger partial charge in [-0.05, 0) is 30.8 Å². The van der Waals surface area contributed by atoms with Crippen LogP contribution in [0.2, 0.25) is 0 Å². The van der Waals surface area contributed by atoms with Crippen LogP contribution in [-0.4, -0.2) is 19.5 Å². The lowest BCUT2D eigenvalue weighted by Gasteiger charge is -2.01. The Morgan fingerprint density at radius 1 is 0.957 bits per heavy atom. The molecule has 2 aromatic carbocycles. The molecule has 4 aromatic rings. The number of thioether (sulfide) groups is 1. The zero-order valence-electron chi connectivity index (χ0n) is 12.4. The maximum atomic E-state index is 12.5. The van der Waals surface area contributed by atoms with Gasteiger partial charge >= 0.3 is 0 Å². The summed E-state index contributed by atoms with van der Waals surface area (Å²) in [4.78, 5) is 21.6. The van der Waals surface area contributed by atoms with E-state index in [1.807, 2.05) is 72.0 Å². The van der Waals surface area contributed by atoms with Crippen molar-refractivity contribution in [3.05, 3.63) is 71.9 Å². The Hall–Kier alpha value is -2.66. The van der Waals surface area contributed by atoms with Gasteiger partial charge in [0.2, 0.25) is 10.9 Å². The van der Waals surface area contributed by atoms with Crippen LogP contribution in [0, 0.1) is 6.92 Å². The van der Waals surface area contributed by atoms with Crippen molar-refractivity contribution < 1.29 is 4.79 Å². The van der Waals surface area contributed by atoms with E-state index in [-0.39, 0.29) is 5.12 Å². The van der Waals surface area contributed by atoms with E-state index in [2.05, 4.69) is 9.97 Å². The topological polar surface area (TPSA) is 47.3 Å². The van der Waals surface area contributed by atoms with Gasteiger partial charge in [-0.15, -0.1) is 0 Å². The first-order valence-corrected chi connectivity index (χ1v) is 8.07. The third-order valence-electron chi connectivity index (χ3n) is 3.63. The van der Waals surface area contributed by atoms with Crippen LogP contribution in [0.1, 0.15) is 16.1 Å². The minimum atomic E-state index is 0.00477. The molecule has 0 amide bonds. The molecule has 0 aliphatic heterocycles. The molecule has 2 heterocycles. The summed E-state index contributed by atoms with van der Waals surface area (Å²) in [5, 5.41) is 0.827. The highest BCUT2D eigenvalue weighted by atomic mass is 32.2. The van der Waals surface area contributed by atoms with Crippen molar-refractivity contribution in [2.45, 2.75) is 11.9 Å². The van der Waals surface area contributed by atoms with E-state index in [1.54, 1.807) is 0 Å². The van der Waals surface area contributed by atoms with Crippen LogP contribution in [0.5, 0.6) is 0 Å². The van der Waals surface area contributed by atoms with E-state index in [0.717, 1.165) is 21.8 Å². The average molecular weight is 319 g/mol. The molecule has 4 rings (SSSR count). The lowest BCUT2D eigenvalue weighted by molar-refractivity contribution is 0.108. The SMILES string of the molecule is Cc1nc2nc3cccccc3n2c1SC(=O)c1ccccc1. The zero-order chi connectivity index (χ0) is 15.8. The third kappa shape index (κ3) is 2.39. The van der Waals surface area contributed by atoms with Gasteiger partial charge in [-0.1, -0.05) is 48.5 Å². The first kappa shape index (κ1) is 14.0. The molecule has 0 saturated carbocycles. The number of carbonyl (C=O) groups is 1. The Labute approximate surface area is 137 Å². The maximum Gasteiger partial charge on any atom is 0.236 e. The quantitative estimate of drug-likeness (QED) is 0.521. The fourth-order valence-corrected chi connectivity index (χ4v) is 3.45. The second-order valence-corrected chi connectivity index (χ2v) is 6.15. The number of nitrogens with zero attached hydrogens (tertiary/aromatic N) is 3. The molecule has 2 aromatic heterocycles. The first-order valence-electron chi connectivity index (χ1n) is 7.25. The van der Waals surface area contributed by atoms with Crippen LogP contribution in [0.3, 0.4) is 0 Å². The fourth-order valence-electron chi connectivity index (χ4n) is 2.55. The Kier molecular flexibility index (Phi) is 3.35. The van der Waals surface area contributed by atoms with Crippen LogP contribution in [0.25, 0.3) is 16.8 Å². The minimum absolute atomic E-state index is 0.00477. The Balaban J connectivity index is 1.86. The molecule has 112 valence electrons. The predicted octanol–water partition coefficient (Wildman–Crippen LogP) is 4.12. The first-order chi connectivity index (χ1) is 11.2. The Morgan fingerprint density at radius 2 is 1.65 bits per heavy atom. The molecule has 23 heavy (non-hydrogen) atoms. The zero-order valence-corrected chi connectivity index (χ0v) is 13.2. The highest BCUT2D eigenvalue weighted by molar-refractivity contribution is 8.14. The number of carbonyl (C=O) groups excluding carboxylic acids is 1. The number of aryl methyl sites for hydroxylation is 1. The van der Waals surface area contributed by atoms with Crippen molar-refractivity contribution >= 4 is 33.7 Å². The lowest BCUT2D eigenvalue weighted by atomic mass is 10.2. The third-order valence-corrected chi connectivity index (χ3v) is 4.73. The molecule has 0 saturated heterocycles. The summed E-state index contributed by atoms with van der Waals surface area (Å²) >= 11 is 1.20. The summed E-state index contributed by atoms with van der Waals surface area (Å²) < 4.78 is 1.95. The smallest absolute Gasteiger partial charge is 0.236 e. The molecule has 0 unspecified atom stereocenters. The number of hydrogen-bond acceptors (Lipinski definition) is 4. The second-order valence-electron chi connectivity index (χ2n) is 5.19. The van der Waals surface area contributed by atoms with Gasteiger partial charge in [0.1, 0.15) is 5.03 Å². The molecule has 0 radical (unpaired) electrons. The summed E-state index contributed by atoms with van der Waals surface area (Å²) in [5.74, 6) is 0.632. The summed E-state index contributed by atoms with van der Waals surface area (Å²) in [7, 11) is 0. The van der Waals surface area contributed by atoms with E-state index in [4.69, 9.17) is 0 Å². The second kappa shape index (κ2) is 5.52. The van der Waals surface area contributed by atoms with E-state index < -0.39 is 0 Å². The van der Waals surface area contributed by atoms with E-state index in [9.17, 15) is 4.79 Å². The number of rotatable bonds is 2. The molecule has 0 atom stereocenters. The molecule has 0 bridgehead atoms. The van der Waals surface area contributed by atoms with Gasteiger partial charge in [0, 0.05) is 5.56 Å². The molecule has 5 heteroatoms. The lowest BCUT2D eigenvalue weighted by Crippen LogP contribution is -1.95. The molecule has 0 aliphatic carbocycles. The van der Waals surface area contributed by atoms with Gasteiger partial charge in [0.15, 0.2) is 0 Å². The number of fused-ring (bicyclic) bond motifs is 3. The molecule has 0 aliphatic rings. The Morgan fingerprint density at radius 3 is 2.43 bits per heavy atom. The summed E-state index contributed by atoms with van der Waals surface area (Å²) in [6.45, 7) is 1.91. The van der Waals surface area contributed by atoms with Gasteiger partial charge in [0.05, 0.1) is 16.7 Å². The minimum Gasteiger partial charge on any atom is -0.281 e. The highest BCUT2D eigenvalue weighted by Gasteiger charge is 2.18. The van der Waals surface area contributed by atoms with Crippen molar-refractivity contribution in [3.63, 3.8) is 0 Å². The van der Waals surface area contributed by atoms with Crippen molar-refractivity contribution in [1.29, 1.82) is 0 Å². The summed E-state index contributed by atoms with van der Waals surface area (Å²) in [5.41, 5.74) is 3.32. The summed E-state index contributed by atoms with van der Waals surface area (Å²) in [6.07, 6.45) is 0. The monoisotopic (exact) mass is 319 g/mol. The van der Waals surface area contributed by atoms with Gasteiger partial charge in [-0.2, -0.15) is 0 Å². The van der Waals surface area contributed by atoms with Crippen molar-refractivity contribution in [1.82, 2.24) is 14.4 Å². The molecular formula is C18H13N3OS. The molecule has 4 nitrogen and oxygen atoms in total. The molecule has 0 spiro atoms. The van der Waals surface area contributed by atoms with E-state index in [0.29, 0.717) is 11.3 Å². The highest BCUT2D eigenvalue weighted by Crippen LogP contribution is 2.30. The number of hydrogen-bond donors (Lipinski definition) is 0. The van der Waals surface area contributed by atoms with Gasteiger partial charge in [-0.3, -0.25) is 9.20 Å². The number of benzene rings is 1. The summed E-state index contributed by atoms with van der Waals surface area (Å²) in [6, 6.07) is 19.1. The van der Waals surface area contributed by atoms with Crippen LogP contribution in [-0.2, 0) is 0 Å². The normalized spacial score (nSPS) is 11.2. The van der Waals surface area contributed by atoms with Gasteiger partial charge < -0.3 is 0 Å². The molecular weight excluding hydrogens is 306 g/mol. The number of imidazole rings is 2.